The van der Waals surface area contributed by atoms with E-state index in [4.69, 9.17) is 0 Å². The number of ether oxygens (including phenoxy) is 1. The highest BCUT2D eigenvalue weighted by atomic mass is 79.9. The van der Waals surface area contributed by atoms with Crippen molar-refractivity contribution in [2.24, 2.45) is 0 Å². The molecule has 68 valence electrons. The van der Waals surface area contributed by atoms with Gasteiger partial charge in [0.15, 0.2) is 0 Å². The highest BCUT2D eigenvalue weighted by molar-refractivity contribution is 9.10. The molecule has 0 fully saturated rings. The zero-order valence-corrected chi connectivity index (χ0v) is 7.91. The number of hydrogen-bond donors (Lipinski definition) is 2. The van der Waals surface area contributed by atoms with Gasteiger partial charge in [-0.05, 0) is 22.0 Å². The zero-order chi connectivity index (χ0) is 9.42. The number of aliphatic hydroxyl groups excluding tert-OH is 1. The first-order chi connectivity index (χ1) is 6.16. The fourth-order valence-corrected chi connectivity index (χ4v) is 1.39. The van der Waals surface area contributed by atoms with E-state index in [-0.39, 0.29) is 0 Å². The van der Waals surface area contributed by atoms with Crippen molar-refractivity contribution in [2.75, 3.05) is 5.32 Å². The van der Waals surface area contributed by atoms with E-state index in [0.717, 1.165) is 0 Å². The summed E-state index contributed by atoms with van der Waals surface area (Å²) < 4.78 is 5.23. The number of aliphatic hydroxyl groups is 1. The Hall–Kier alpha value is -1.14. The van der Waals surface area contributed by atoms with Crippen LogP contribution in [0, 0.1) is 0 Å². The van der Waals surface area contributed by atoms with Gasteiger partial charge in [-0.25, -0.2) is 9.78 Å². The number of halogens is 1. The molecule has 1 aliphatic heterocycles. The largest absolute Gasteiger partial charge is 0.415 e. The molecule has 2 heterocycles. The van der Waals surface area contributed by atoms with E-state index >= 15 is 0 Å². The number of carbonyl (C=O) groups excluding carboxylic acids is 1. The molecule has 1 unspecified atom stereocenters. The molecule has 1 atom stereocenters. The molecule has 0 saturated carbocycles. The summed E-state index contributed by atoms with van der Waals surface area (Å²) >= 11 is 3.19. The van der Waals surface area contributed by atoms with Gasteiger partial charge in [-0.3, -0.25) is 5.32 Å². The molecule has 13 heavy (non-hydrogen) atoms. The summed E-state index contributed by atoms with van der Waals surface area (Å²) in [6.45, 7) is 0. The molecule has 1 amide bonds. The van der Waals surface area contributed by atoms with Crippen LogP contribution in [-0.2, 0) is 4.74 Å². The number of fused-ring (bicyclic) bond motifs is 1. The average molecular weight is 245 g/mol. The van der Waals surface area contributed by atoms with Crippen molar-refractivity contribution >= 4 is 27.8 Å². The second-order valence-electron chi connectivity index (χ2n) is 2.47. The molecular weight excluding hydrogens is 240 g/mol. The second kappa shape index (κ2) is 2.97. The minimum Gasteiger partial charge on any atom is -0.415 e. The Morgan fingerprint density at radius 3 is 3.23 bits per heavy atom. The molecule has 0 spiro atoms. The van der Waals surface area contributed by atoms with Crippen LogP contribution < -0.4 is 5.32 Å². The maximum Gasteiger partial charge on any atom is 0.415 e. The first-order valence-electron chi connectivity index (χ1n) is 3.48. The lowest BCUT2D eigenvalue weighted by Crippen LogP contribution is -2.25. The Morgan fingerprint density at radius 1 is 1.69 bits per heavy atom. The molecule has 1 aliphatic rings. The standard InChI is InChI=1S/C7H5BrN2O3/c8-3-1-4-5(9-2-3)10-7(12)13-6(4)11/h1-2,6,11H,(H,9,10,12). The van der Waals surface area contributed by atoms with Crippen LogP contribution in [0.2, 0.25) is 0 Å². The van der Waals surface area contributed by atoms with Gasteiger partial charge < -0.3 is 9.84 Å². The quantitative estimate of drug-likeness (QED) is 0.724. The third kappa shape index (κ3) is 1.50. The third-order valence-electron chi connectivity index (χ3n) is 1.59. The number of nitrogens with zero attached hydrogens (tertiary/aromatic N) is 1. The molecule has 1 aromatic rings. The minimum absolute atomic E-state index is 0.326. The van der Waals surface area contributed by atoms with E-state index in [9.17, 15) is 9.90 Å². The van der Waals surface area contributed by atoms with Crippen molar-refractivity contribution in [2.45, 2.75) is 6.29 Å². The molecule has 5 nitrogen and oxygen atoms in total. The predicted octanol–water partition coefficient (Wildman–Crippen LogP) is 1.40. The summed E-state index contributed by atoms with van der Waals surface area (Å²) in [6, 6.07) is 1.63. The number of pyridine rings is 1. The molecule has 1 aromatic heterocycles. The molecule has 6 heteroatoms. The predicted molar refractivity (Wildman–Crippen MR) is 47.0 cm³/mol. The van der Waals surface area contributed by atoms with Crippen LogP contribution in [0.5, 0.6) is 0 Å². The summed E-state index contributed by atoms with van der Waals surface area (Å²) in [7, 11) is 0. The Labute approximate surface area is 81.9 Å². The zero-order valence-electron chi connectivity index (χ0n) is 6.32. The van der Waals surface area contributed by atoms with Gasteiger partial charge in [0.2, 0.25) is 6.29 Å². The number of hydrogen-bond acceptors (Lipinski definition) is 4. The highest BCUT2D eigenvalue weighted by Gasteiger charge is 2.25. The third-order valence-corrected chi connectivity index (χ3v) is 2.02. The SMILES string of the molecule is O=C1Nc2ncc(Br)cc2C(O)O1. The van der Waals surface area contributed by atoms with Gasteiger partial charge in [-0.1, -0.05) is 0 Å². The smallest absolute Gasteiger partial charge is 0.415 e. The van der Waals surface area contributed by atoms with E-state index in [1.54, 1.807) is 6.07 Å². The van der Waals surface area contributed by atoms with E-state index in [1.807, 2.05) is 0 Å². The van der Waals surface area contributed by atoms with Crippen molar-refractivity contribution < 1.29 is 14.6 Å². The van der Waals surface area contributed by atoms with Gasteiger partial charge in [0.25, 0.3) is 0 Å². The molecule has 2 rings (SSSR count). The van der Waals surface area contributed by atoms with Crippen LogP contribution in [0.15, 0.2) is 16.7 Å². The number of cyclic esters (lactones) is 1. The number of nitrogens with one attached hydrogen (secondary N) is 1. The molecule has 0 bridgehead atoms. The highest BCUT2D eigenvalue weighted by Crippen LogP contribution is 2.28. The number of amides is 1. The Balaban J connectivity index is 2.49. The van der Waals surface area contributed by atoms with Crippen molar-refractivity contribution in [3.05, 3.63) is 22.3 Å². The van der Waals surface area contributed by atoms with Crippen LogP contribution in [0.1, 0.15) is 11.9 Å². The van der Waals surface area contributed by atoms with Gasteiger partial charge in [0.1, 0.15) is 5.82 Å². The van der Waals surface area contributed by atoms with Crippen molar-refractivity contribution in [1.82, 2.24) is 4.98 Å². The molecule has 0 saturated heterocycles. The summed E-state index contributed by atoms with van der Waals surface area (Å²) in [5.74, 6) is 0.326. The summed E-state index contributed by atoms with van der Waals surface area (Å²) in [5.41, 5.74) is 0.439. The fourth-order valence-electron chi connectivity index (χ4n) is 1.04. The fraction of sp³-hybridized carbons (Fsp3) is 0.143. The lowest BCUT2D eigenvalue weighted by atomic mass is 10.2. The molecular formula is C7H5BrN2O3. The van der Waals surface area contributed by atoms with Gasteiger partial charge in [0, 0.05) is 10.7 Å². The number of carbonyl (C=O) groups is 1. The second-order valence-corrected chi connectivity index (χ2v) is 3.39. The molecule has 0 aliphatic carbocycles. The molecule has 2 N–H and O–H groups in total. The van der Waals surface area contributed by atoms with E-state index in [1.165, 1.54) is 6.20 Å². The maximum atomic E-state index is 10.8. The first kappa shape index (κ1) is 8.46. The monoisotopic (exact) mass is 244 g/mol. The minimum atomic E-state index is -1.24. The van der Waals surface area contributed by atoms with E-state index in [0.29, 0.717) is 15.9 Å². The molecule has 0 radical (unpaired) electrons. The summed E-state index contributed by atoms with van der Waals surface area (Å²) in [4.78, 5) is 14.7. The van der Waals surface area contributed by atoms with Gasteiger partial charge in [0.05, 0.1) is 5.56 Å². The van der Waals surface area contributed by atoms with E-state index < -0.39 is 12.4 Å². The van der Waals surface area contributed by atoms with Crippen LogP contribution in [0.4, 0.5) is 10.6 Å². The van der Waals surface area contributed by atoms with Crippen LogP contribution in [0.25, 0.3) is 0 Å². The average Bonchev–Trinajstić information content (AvgIpc) is 2.06. The number of rotatable bonds is 0. The lowest BCUT2D eigenvalue weighted by molar-refractivity contribution is -0.0527. The van der Waals surface area contributed by atoms with Gasteiger partial charge in [-0.2, -0.15) is 0 Å². The van der Waals surface area contributed by atoms with E-state index in [2.05, 4.69) is 31.0 Å². The van der Waals surface area contributed by atoms with Crippen LogP contribution in [-0.4, -0.2) is 16.2 Å². The summed E-state index contributed by atoms with van der Waals surface area (Å²) in [5, 5.41) is 11.7. The van der Waals surface area contributed by atoms with Crippen molar-refractivity contribution in [3.8, 4) is 0 Å². The van der Waals surface area contributed by atoms with Crippen LogP contribution >= 0.6 is 15.9 Å². The van der Waals surface area contributed by atoms with Crippen molar-refractivity contribution in [1.29, 1.82) is 0 Å². The van der Waals surface area contributed by atoms with Gasteiger partial charge >= 0.3 is 6.09 Å². The maximum absolute atomic E-state index is 10.8. The first-order valence-corrected chi connectivity index (χ1v) is 4.27. The van der Waals surface area contributed by atoms with Crippen molar-refractivity contribution in [3.63, 3.8) is 0 Å². The Bertz CT molecular complexity index is 369. The normalized spacial score (nSPS) is 20.2. The lowest BCUT2D eigenvalue weighted by Gasteiger charge is -2.20. The topological polar surface area (TPSA) is 71.5 Å². The Morgan fingerprint density at radius 2 is 2.46 bits per heavy atom. The summed E-state index contributed by atoms with van der Waals surface area (Å²) in [6.07, 6.45) is -0.416. The number of aromatic nitrogens is 1. The molecule has 0 aromatic carbocycles. The Kier molecular flexibility index (Phi) is 1.93. The van der Waals surface area contributed by atoms with Gasteiger partial charge in [-0.15, -0.1) is 0 Å². The van der Waals surface area contributed by atoms with Crippen LogP contribution in [0.3, 0.4) is 0 Å². The number of anilines is 1.